The van der Waals surface area contributed by atoms with E-state index in [1.54, 1.807) is 6.92 Å². The quantitative estimate of drug-likeness (QED) is 0.373. The van der Waals surface area contributed by atoms with Crippen LogP contribution in [0.25, 0.3) is 0 Å². The molecule has 0 aromatic rings. The van der Waals surface area contributed by atoms with Crippen molar-refractivity contribution in [2.75, 3.05) is 0 Å². The molecule has 0 aliphatic heterocycles. The lowest BCUT2D eigenvalue weighted by Gasteiger charge is -2.05. The van der Waals surface area contributed by atoms with E-state index in [9.17, 15) is 4.79 Å². The van der Waals surface area contributed by atoms with E-state index in [0.29, 0.717) is 5.57 Å². The molecule has 19 heavy (non-hydrogen) atoms. The van der Waals surface area contributed by atoms with E-state index in [4.69, 9.17) is 4.43 Å². The largest absolute Gasteiger partial charge is 0.522 e. The fraction of sp³-hybridized carbons (Fsp3) is 0.812. The molecule has 0 amide bonds. The molecule has 0 radical (unpaired) electrons. The summed E-state index contributed by atoms with van der Waals surface area (Å²) >= 11 is 0. The molecular weight excluding hydrogens is 252 g/mol. The van der Waals surface area contributed by atoms with E-state index < -0.39 is 9.76 Å². The van der Waals surface area contributed by atoms with Crippen LogP contribution in [0.4, 0.5) is 0 Å². The van der Waals surface area contributed by atoms with Crippen molar-refractivity contribution in [2.24, 2.45) is 11.8 Å². The lowest BCUT2D eigenvalue weighted by Crippen LogP contribution is -2.08. The highest BCUT2D eigenvalue weighted by atomic mass is 28.2. The van der Waals surface area contributed by atoms with Crippen molar-refractivity contribution in [1.29, 1.82) is 0 Å². The Bertz CT molecular complexity index is 229. The van der Waals surface area contributed by atoms with Crippen molar-refractivity contribution in [1.82, 2.24) is 0 Å². The fourth-order valence-electron chi connectivity index (χ4n) is 0.994. The summed E-state index contributed by atoms with van der Waals surface area (Å²) in [5, 5.41) is 0. The highest BCUT2D eigenvalue weighted by Gasteiger charge is 2.01. The Balaban J connectivity index is 0. The number of unbranched alkanes of at least 4 members (excludes halogenated alkanes) is 3. The van der Waals surface area contributed by atoms with Crippen LogP contribution < -0.4 is 0 Å². The molecule has 0 aliphatic carbocycles. The zero-order valence-electron chi connectivity index (χ0n) is 13.9. The highest BCUT2D eigenvalue weighted by molar-refractivity contribution is 6.31. The van der Waals surface area contributed by atoms with E-state index in [1.807, 2.05) is 0 Å². The summed E-state index contributed by atoms with van der Waals surface area (Å²) in [6.07, 6.45) is 5.04. The Morgan fingerprint density at radius 1 is 1.11 bits per heavy atom. The van der Waals surface area contributed by atoms with Gasteiger partial charge < -0.3 is 4.43 Å². The maximum Gasteiger partial charge on any atom is 0.319 e. The first-order valence-electron chi connectivity index (χ1n) is 7.65. The predicted octanol–water partition coefficient (Wildman–Crippen LogP) is 4.49. The van der Waals surface area contributed by atoms with Crippen LogP contribution in [0.5, 0.6) is 0 Å². The summed E-state index contributed by atoms with van der Waals surface area (Å²) in [5.74, 6) is 1.50. The van der Waals surface area contributed by atoms with E-state index in [-0.39, 0.29) is 5.97 Å². The first-order chi connectivity index (χ1) is 8.82. The topological polar surface area (TPSA) is 26.3 Å². The number of carbonyl (C=O) groups is 1. The molecule has 0 fully saturated rings. The summed E-state index contributed by atoms with van der Waals surface area (Å²) in [7, 11) is -0.617. The Hall–Kier alpha value is -0.573. The highest BCUT2D eigenvalue weighted by Crippen LogP contribution is 2.05. The third kappa shape index (κ3) is 17.4. The molecule has 3 heteroatoms. The van der Waals surface area contributed by atoms with Gasteiger partial charge in [-0.3, -0.25) is 0 Å². The summed E-state index contributed by atoms with van der Waals surface area (Å²) in [6, 6.07) is 1.11. The third-order valence-electron chi connectivity index (χ3n) is 3.16. The summed E-state index contributed by atoms with van der Waals surface area (Å²) in [4.78, 5) is 10.9. The van der Waals surface area contributed by atoms with Gasteiger partial charge in [-0.1, -0.05) is 66.9 Å². The molecule has 0 N–H and O–H groups in total. The molecule has 0 aliphatic rings. The molecule has 0 saturated heterocycles. The van der Waals surface area contributed by atoms with E-state index in [2.05, 4.69) is 41.2 Å². The summed E-state index contributed by atoms with van der Waals surface area (Å²) in [6.45, 7) is 16.4. The lowest BCUT2D eigenvalue weighted by atomic mass is 10.0. The molecule has 2 nitrogen and oxygen atoms in total. The Morgan fingerprint density at radius 2 is 1.63 bits per heavy atom. The number of rotatable bonds is 8. The molecule has 0 rings (SSSR count). The summed E-state index contributed by atoms with van der Waals surface area (Å²) < 4.78 is 5.08. The van der Waals surface area contributed by atoms with Gasteiger partial charge in [0.15, 0.2) is 0 Å². The first-order valence-corrected chi connectivity index (χ1v) is 9.23. The van der Waals surface area contributed by atoms with Gasteiger partial charge in [0.25, 0.3) is 0 Å². The molecule has 0 saturated carbocycles. The fourth-order valence-corrected chi connectivity index (χ4v) is 2.13. The van der Waals surface area contributed by atoms with Crippen molar-refractivity contribution in [3.05, 3.63) is 12.2 Å². The summed E-state index contributed by atoms with van der Waals surface area (Å²) in [5.41, 5.74) is 0.515. The Labute approximate surface area is 123 Å². The van der Waals surface area contributed by atoms with Crippen LogP contribution in [0, 0.1) is 11.8 Å². The molecule has 0 unspecified atom stereocenters. The van der Waals surface area contributed by atoms with E-state index >= 15 is 0 Å². The van der Waals surface area contributed by atoms with Gasteiger partial charge in [-0.15, -0.1) is 0 Å². The molecule has 0 atom stereocenters. The van der Waals surface area contributed by atoms with Crippen LogP contribution >= 0.6 is 0 Å². The smallest absolute Gasteiger partial charge is 0.319 e. The van der Waals surface area contributed by atoms with Gasteiger partial charge in [-0.2, -0.15) is 0 Å². The molecular formula is C16H34O2Si. The van der Waals surface area contributed by atoms with Gasteiger partial charge >= 0.3 is 5.97 Å². The van der Waals surface area contributed by atoms with Crippen molar-refractivity contribution in [3.63, 3.8) is 0 Å². The maximum absolute atomic E-state index is 10.9. The van der Waals surface area contributed by atoms with Gasteiger partial charge in [0.2, 0.25) is 9.76 Å². The van der Waals surface area contributed by atoms with Crippen LogP contribution in [-0.4, -0.2) is 15.7 Å². The van der Waals surface area contributed by atoms with Gasteiger partial charge in [-0.05, 0) is 24.8 Å². The average molecular weight is 287 g/mol. The predicted molar refractivity (Wildman–Crippen MR) is 88.1 cm³/mol. The van der Waals surface area contributed by atoms with E-state index in [1.165, 1.54) is 25.7 Å². The molecule has 0 bridgehead atoms. The minimum atomic E-state index is -0.617. The Morgan fingerprint density at radius 3 is 2.00 bits per heavy atom. The molecule has 0 heterocycles. The van der Waals surface area contributed by atoms with Crippen molar-refractivity contribution in [2.45, 2.75) is 73.3 Å². The van der Waals surface area contributed by atoms with Crippen molar-refractivity contribution >= 4 is 15.7 Å². The second-order valence-corrected chi connectivity index (χ2v) is 7.22. The van der Waals surface area contributed by atoms with Gasteiger partial charge in [-0.25, -0.2) is 4.79 Å². The van der Waals surface area contributed by atoms with E-state index in [0.717, 1.165) is 17.9 Å². The SMILES string of the molecule is C=C(C)C(=O)O[SiH2]CCCCCC.CC(C)C(C)C. The number of carbonyl (C=O) groups excluding carboxylic acids is 1. The Kier molecular flexibility index (Phi) is 15.1. The normalized spacial score (nSPS) is 10.7. The van der Waals surface area contributed by atoms with Crippen LogP contribution in [0.1, 0.15) is 67.2 Å². The zero-order chi connectivity index (χ0) is 15.3. The standard InChI is InChI=1S/C10H20O2Si.C6H14/c1-4-5-6-7-8-13-12-10(11)9(2)3;1-5(2)6(3)4/h2,4-8,13H2,1,3H3;5-6H,1-4H3. The first kappa shape index (κ1) is 20.7. The number of hydrogen-bond acceptors (Lipinski definition) is 2. The van der Waals surface area contributed by atoms with Crippen LogP contribution in [0.15, 0.2) is 12.2 Å². The number of hydrogen-bond donors (Lipinski definition) is 0. The van der Waals surface area contributed by atoms with Gasteiger partial charge in [0.1, 0.15) is 0 Å². The third-order valence-corrected chi connectivity index (χ3v) is 4.42. The molecule has 114 valence electrons. The molecule has 0 aromatic carbocycles. The maximum atomic E-state index is 10.9. The molecule has 0 spiro atoms. The van der Waals surface area contributed by atoms with Gasteiger partial charge in [0.05, 0.1) is 0 Å². The van der Waals surface area contributed by atoms with Crippen LogP contribution in [-0.2, 0) is 9.22 Å². The van der Waals surface area contributed by atoms with Crippen molar-refractivity contribution in [3.8, 4) is 0 Å². The van der Waals surface area contributed by atoms with Crippen molar-refractivity contribution < 1.29 is 9.22 Å². The van der Waals surface area contributed by atoms with Crippen LogP contribution in [0.2, 0.25) is 6.04 Å². The molecule has 0 aromatic heterocycles. The lowest BCUT2D eigenvalue weighted by molar-refractivity contribution is -0.130. The van der Waals surface area contributed by atoms with Crippen LogP contribution in [0.3, 0.4) is 0 Å². The average Bonchev–Trinajstić information content (AvgIpc) is 2.33. The minimum absolute atomic E-state index is 0.206. The van der Waals surface area contributed by atoms with Gasteiger partial charge in [0, 0.05) is 5.57 Å². The monoisotopic (exact) mass is 286 g/mol. The second kappa shape index (κ2) is 13.8. The zero-order valence-corrected chi connectivity index (χ0v) is 15.3. The minimum Gasteiger partial charge on any atom is -0.522 e. The second-order valence-electron chi connectivity index (χ2n) is 5.82.